The SMILES string of the molecule is Cc1cc(N2CCCN(C)C(=O)C2)c(C(C)N)cc1F. The summed E-state index contributed by atoms with van der Waals surface area (Å²) in [5, 5.41) is 0. The number of hydrogen-bond donors (Lipinski definition) is 1. The lowest BCUT2D eigenvalue weighted by Gasteiger charge is -2.26. The van der Waals surface area contributed by atoms with Crippen LogP contribution in [0.2, 0.25) is 0 Å². The topological polar surface area (TPSA) is 49.6 Å². The smallest absolute Gasteiger partial charge is 0.241 e. The molecule has 0 spiro atoms. The molecular formula is C15H22FN3O. The zero-order chi connectivity index (χ0) is 14.9. The van der Waals surface area contributed by atoms with E-state index in [2.05, 4.69) is 0 Å². The molecule has 0 bridgehead atoms. The van der Waals surface area contributed by atoms with Crippen LogP contribution in [0.25, 0.3) is 0 Å². The Balaban J connectivity index is 2.40. The minimum Gasteiger partial charge on any atom is -0.362 e. The second kappa shape index (κ2) is 5.79. The van der Waals surface area contributed by atoms with Crippen molar-refractivity contribution in [1.29, 1.82) is 0 Å². The molecule has 0 radical (unpaired) electrons. The van der Waals surface area contributed by atoms with Crippen molar-refractivity contribution in [2.24, 2.45) is 5.73 Å². The van der Waals surface area contributed by atoms with Gasteiger partial charge in [0.1, 0.15) is 5.82 Å². The highest BCUT2D eigenvalue weighted by Gasteiger charge is 2.22. The number of carbonyl (C=O) groups excluding carboxylic acids is 1. The van der Waals surface area contributed by atoms with Gasteiger partial charge in [-0.25, -0.2) is 4.39 Å². The number of nitrogens with two attached hydrogens (primary N) is 1. The number of anilines is 1. The molecule has 20 heavy (non-hydrogen) atoms. The van der Waals surface area contributed by atoms with E-state index in [-0.39, 0.29) is 17.8 Å². The molecule has 1 heterocycles. The van der Waals surface area contributed by atoms with E-state index in [9.17, 15) is 9.18 Å². The molecule has 4 nitrogen and oxygen atoms in total. The van der Waals surface area contributed by atoms with Crippen molar-refractivity contribution in [1.82, 2.24) is 4.90 Å². The maximum atomic E-state index is 13.8. The van der Waals surface area contributed by atoms with Crippen LogP contribution in [0, 0.1) is 12.7 Å². The van der Waals surface area contributed by atoms with Gasteiger partial charge in [-0.2, -0.15) is 0 Å². The molecule has 1 fully saturated rings. The fourth-order valence-electron chi connectivity index (χ4n) is 2.51. The standard InChI is InChI=1S/C15H22FN3O/c1-10-7-14(12(11(2)17)8-13(10)16)19-6-4-5-18(3)15(20)9-19/h7-8,11H,4-6,9,17H2,1-3H3. The molecule has 2 rings (SSSR count). The Hall–Kier alpha value is -1.62. The number of carbonyl (C=O) groups is 1. The van der Waals surface area contributed by atoms with Crippen molar-refractivity contribution in [3.63, 3.8) is 0 Å². The number of nitrogens with zero attached hydrogens (tertiary/aromatic N) is 2. The number of amides is 1. The van der Waals surface area contributed by atoms with Gasteiger partial charge >= 0.3 is 0 Å². The van der Waals surface area contributed by atoms with Gasteiger partial charge in [-0.3, -0.25) is 4.79 Å². The van der Waals surface area contributed by atoms with E-state index < -0.39 is 0 Å². The van der Waals surface area contributed by atoms with E-state index in [4.69, 9.17) is 5.73 Å². The molecule has 1 aromatic rings. The summed E-state index contributed by atoms with van der Waals surface area (Å²) in [5.41, 5.74) is 8.16. The molecule has 2 N–H and O–H groups in total. The van der Waals surface area contributed by atoms with Gasteiger partial charge in [-0.1, -0.05) is 0 Å². The van der Waals surface area contributed by atoms with Crippen LogP contribution < -0.4 is 10.6 Å². The average molecular weight is 279 g/mol. The summed E-state index contributed by atoms with van der Waals surface area (Å²) >= 11 is 0. The quantitative estimate of drug-likeness (QED) is 0.898. The lowest BCUT2D eigenvalue weighted by Crippen LogP contribution is -2.35. The highest BCUT2D eigenvalue weighted by atomic mass is 19.1. The van der Waals surface area contributed by atoms with Crippen LogP contribution in [0.5, 0.6) is 0 Å². The van der Waals surface area contributed by atoms with Gasteiger partial charge in [-0.05, 0) is 43.5 Å². The predicted molar refractivity (Wildman–Crippen MR) is 78.2 cm³/mol. The third kappa shape index (κ3) is 2.93. The van der Waals surface area contributed by atoms with Crippen molar-refractivity contribution in [2.45, 2.75) is 26.3 Å². The first-order valence-corrected chi connectivity index (χ1v) is 6.94. The van der Waals surface area contributed by atoms with E-state index >= 15 is 0 Å². The molecule has 0 aliphatic carbocycles. The van der Waals surface area contributed by atoms with Gasteiger partial charge in [-0.15, -0.1) is 0 Å². The van der Waals surface area contributed by atoms with Crippen LogP contribution >= 0.6 is 0 Å². The van der Waals surface area contributed by atoms with Crippen LogP contribution in [-0.4, -0.2) is 37.5 Å². The Morgan fingerprint density at radius 3 is 2.70 bits per heavy atom. The normalized spacial score (nSPS) is 18.1. The molecular weight excluding hydrogens is 257 g/mol. The molecule has 5 heteroatoms. The van der Waals surface area contributed by atoms with E-state index in [1.54, 1.807) is 17.9 Å². The number of rotatable bonds is 2. The third-order valence-corrected chi connectivity index (χ3v) is 3.81. The van der Waals surface area contributed by atoms with E-state index in [0.717, 1.165) is 30.8 Å². The molecule has 0 saturated carbocycles. The second-order valence-corrected chi connectivity index (χ2v) is 5.54. The minimum atomic E-state index is -0.267. The van der Waals surface area contributed by atoms with Crippen LogP contribution in [0.4, 0.5) is 10.1 Å². The number of halogens is 1. The van der Waals surface area contributed by atoms with Crippen LogP contribution in [-0.2, 0) is 4.79 Å². The highest BCUT2D eigenvalue weighted by Crippen LogP contribution is 2.29. The number of benzene rings is 1. The van der Waals surface area contributed by atoms with Crippen molar-refractivity contribution in [3.8, 4) is 0 Å². The highest BCUT2D eigenvalue weighted by molar-refractivity contribution is 5.82. The molecule has 1 aliphatic heterocycles. The summed E-state index contributed by atoms with van der Waals surface area (Å²) in [6.45, 7) is 5.42. The van der Waals surface area contributed by atoms with Crippen molar-refractivity contribution in [2.75, 3.05) is 31.6 Å². The second-order valence-electron chi connectivity index (χ2n) is 5.54. The Bertz CT molecular complexity index is 516. The summed E-state index contributed by atoms with van der Waals surface area (Å²) in [5.74, 6) is -0.167. The molecule has 0 aromatic heterocycles. The number of likely N-dealkylation sites (N-methyl/N-ethyl adjacent to an activating group) is 1. The van der Waals surface area contributed by atoms with E-state index in [0.29, 0.717) is 12.1 Å². The van der Waals surface area contributed by atoms with Gasteiger partial charge in [0.25, 0.3) is 0 Å². The van der Waals surface area contributed by atoms with Gasteiger partial charge in [0.15, 0.2) is 0 Å². The largest absolute Gasteiger partial charge is 0.362 e. The summed E-state index contributed by atoms with van der Waals surface area (Å²) < 4.78 is 13.8. The van der Waals surface area contributed by atoms with Gasteiger partial charge in [0, 0.05) is 31.9 Å². The Kier molecular flexibility index (Phi) is 4.28. The van der Waals surface area contributed by atoms with Crippen LogP contribution in [0.3, 0.4) is 0 Å². The molecule has 1 amide bonds. The lowest BCUT2D eigenvalue weighted by molar-refractivity contribution is -0.127. The molecule has 1 aliphatic rings. The first-order chi connectivity index (χ1) is 9.40. The summed E-state index contributed by atoms with van der Waals surface area (Å²) in [6, 6.07) is 3.03. The molecule has 1 saturated heterocycles. The van der Waals surface area contributed by atoms with Crippen molar-refractivity contribution < 1.29 is 9.18 Å². The molecule has 1 atom stereocenters. The van der Waals surface area contributed by atoms with E-state index in [1.807, 2.05) is 18.9 Å². The monoisotopic (exact) mass is 279 g/mol. The zero-order valence-corrected chi connectivity index (χ0v) is 12.3. The maximum Gasteiger partial charge on any atom is 0.241 e. The lowest BCUT2D eigenvalue weighted by atomic mass is 10.0. The summed E-state index contributed by atoms with van der Waals surface area (Å²) in [7, 11) is 1.81. The third-order valence-electron chi connectivity index (χ3n) is 3.81. The van der Waals surface area contributed by atoms with Crippen LogP contribution in [0.1, 0.15) is 30.5 Å². The summed E-state index contributed by atoms with van der Waals surface area (Å²) in [6.07, 6.45) is 0.900. The predicted octanol–water partition coefficient (Wildman–Crippen LogP) is 1.82. The zero-order valence-electron chi connectivity index (χ0n) is 12.3. The van der Waals surface area contributed by atoms with E-state index in [1.165, 1.54) is 6.07 Å². The van der Waals surface area contributed by atoms with Gasteiger partial charge < -0.3 is 15.5 Å². The molecule has 1 unspecified atom stereocenters. The van der Waals surface area contributed by atoms with Gasteiger partial charge in [0.05, 0.1) is 6.54 Å². The Labute approximate surface area is 119 Å². The Morgan fingerprint density at radius 2 is 2.05 bits per heavy atom. The number of aryl methyl sites for hydroxylation is 1. The fourth-order valence-corrected chi connectivity index (χ4v) is 2.51. The summed E-state index contributed by atoms with van der Waals surface area (Å²) in [4.78, 5) is 15.8. The maximum absolute atomic E-state index is 13.8. The molecule has 1 aromatic carbocycles. The van der Waals surface area contributed by atoms with Gasteiger partial charge in [0.2, 0.25) is 5.91 Å². The average Bonchev–Trinajstić information content (AvgIpc) is 2.54. The number of hydrogen-bond acceptors (Lipinski definition) is 3. The van der Waals surface area contributed by atoms with Crippen molar-refractivity contribution >= 4 is 11.6 Å². The Morgan fingerprint density at radius 1 is 1.35 bits per heavy atom. The minimum absolute atomic E-state index is 0.0834. The first-order valence-electron chi connectivity index (χ1n) is 6.94. The van der Waals surface area contributed by atoms with Crippen LogP contribution in [0.15, 0.2) is 12.1 Å². The fraction of sp³-hybridized carbons (Fsp3) is 0.533. The first kappa shape index (κ1) is 14.8. The molecule has 110 valence electrons. The van der Waals surface area contributed by atoms with Crippen molar-refractivity contribution in [3.05, 3.63) is 29.1 Å².